The maximum atomic E-state index is 11.9. The first kappa shape index (κ1) is 16.7. The quantitative estimate of drug-likeness (QED) is 0.627. The van der Waals surface area contributed by atoms with E-state index in [9.17, 15) is 18.5 Å². The molecule has 0 aromatic heterocycles. The van der Waals surface area contributed by atoms with Crippen molar-refractivity contribution in [2.24, 2.45) is 5.41 Å². The molecular weight excluding hydrogens is 304 g/mol. The molecule has 1 atom stereocenters. The Bertz CT molecular complexity index is 687. The molecule has 1 aliphatic rings. The second kappa shape index (κ2) is 5.87. The third-order valence-electron chi connectivity index (χ3n) is 4.54. The van der Waals surface area contributed by atoms with E-state index in [1.54, 1.807) is 6.07 Å². The van der Waals surface area contributed by atoms with Gasteiger partial charge in [0.15, 0.2) is 9.84 Å². The van der Waals surface area contributed by atoms with E-state index in [2.05, 4.69) is 18.7 Å². The highest BCUT2D eigenvalue weighted by Crippen LogP contribution is 2.36. The van der Waals surface area contributed by atoms with Crippen molar-refractivity contribution in [3.05, 3.63) is 28.3 Å². The van der Waals surface area contributed by atoms with Gasteiger partial charge < -0.3 is 4.90 Å². The van der Waals surface area contributed by atoms with Gasteiger partial charge in [-0.15, -0.1) is 0 Å². The minimum absolute atomic E-state index is 0.200. The van der Waals surface area contributed by atoms with Crippen molar-refractivity contribution in [2.75, 3.05) is 24.2 Å². The topological polar surface area (TPSA) is 80.5 Å². The Morgan fingerprint density at radius 2 is 2.09 bits per heavy atom. The van der Waals surface area contributed by atoms with Gasteiger partial charge in [0.1, 0.15) is 4.90 Å². The molecule has 0 amide bonds. The number of benzene rings is 1. The maximum Gasteiger partial charge on any atom is 0.288 e. The van der Waals surface area contributed by atoms with Crippen LogP contribution in [0.3, 0.4) is 0 Å². The van der Waals surface area contributed by atoms with E-state index in [0.29, 0.717) is 0 Å². The number of nitro groups is 1. The second-order valence-corrected chi connectivity index (χ2v) is 8.35. The summed E-state index contributed by atoms with van der Waals surface area (Å²) in [5.41, 5.74) is 0.581. The SMILES string of the molecule is CCC1(C)CCCN(c2ccc([N+](=O)[O-])c(S(C)(=O)=O)c2)C1. The zero-order valence-corrected chi connectivity index (χ0v) is 14.0. The van der Waals surface area contributed by atoms with Crippen molar-refractivity contribution in [1.29, 1.82) is 0 Å². The smallest absolute Gasteiger partial charge is 0.288 e. The number of anilines is 1. The summed E-state index contributed by atoms with van der Waals surface area (Å²) in [7, 11) is -3.64. The van der Waals surface area contributed by atoms with E-state index in [4.69, 9.17) is 0 Å². The molecule has 0 bridgehead atoms. The van der Waals surface area contributed by atoms with Crippen molar-refractivity contribution in [3.63, 3.8) is 0 Å². The summed E-state index contributed by atoms with van der Waals surface area (Å²) in [4.78, 5) is 12.3. The highest BCUT2D eigenvalue weighted by Gasteiger charge is 2.31. The molecule has 6 nitrogen and oxygen atoms in total. The zero-order chi connectivity index (χ0) is 16.5. The molecular formula is C15H22N2O4S. The Balaban J connectivity index is 2.43. The Kier molecular flexibility index (Phi) is 4.47. The fourth-order valence-electron chi connectivity index (χ4n) is 2.97. The fraction of sp³-hybridized carbons (Fsp3) is 0.600. The Morgan fingerprint density at radius 3 is 2.64 bits per heavy atom. The van der Waals surface area contributed by atoms with Crippen LogP contribution < -0.4 is 4.90 Å². The third kappa shape index (κ3) is 3.40. The average Bonchev–Trinajstić information content (AvgIpc) is 2.45. The molecule has 1 aromatic carbocycles. The van der Waals surface area contributed by atoms with Crippen molar-refractivity contribution in [1.82, 2.24) is 0 Å². The number of hydrogen-bond donors (Lipinski definition) is 0. The van der Waals surface area contributed by atoms with Crippen LogP contribution in [0.2, 0.25) is 0 Å². The summed E-state index contributed by atoms with van der Waals surface area (Å²) >= 11 is 0. The molecule has 0 N–H and O–H groups in total. The van der Waals surface area contributed by atoms with Crippen LogP contribution in [-0.4, -0.2) is 32.7 Å². The Hall–Kier alpha value is -1.63. The van der Waals surface area contributed by atoms with Gasteiger partial charge >= 0.3 is 0 Å². The molecule has 1 unspecified atom stereocenters. The molecule has 1 saturated heterocycles. The Labute approximate surface area is 131 Å². The van der Waals surface area contributed by atoms with Crippen LogP contribution in [0.1, 0.15) is 33.1 Å². The van der Waals surface area contributed by atoms with E-state index < -0.39 is 14.8 Å². The second-order valence-electron chi connectivity index (χ2n) is 6.37. The number of nitro benzene ring substituents is 1. The summed E-state index contributed by atoms with van der Waals surface area (Å²) in [5.74, 6) is 0. The van der Waals surface area contributed by atoms with Crippen LogP contribution in [0.15, 0.2) is 23.1 Å². The van der Waals surface area contributed by atoms with Crippen molar-refractivity contribution >= 4 is 21.2 Å². The summed E-state index contributed by atoms with van der Waals surface area (Å²) in [6, 6.07) is 4.38. The lowest BCUT2D eigenvalue weighted by Crippen LogP contribution is -2.41. The van der Waals surface area contributed by atoms with Crippen molar-refractivity contribution in [2.45, 2.75) is 38.0 Å². The summed E-state index contributed by atoms with van der Waals surface area (Å²) < 4.78 is 23.7. The van der Waals surface area contributed by atoms with Crippen molar-refractivity contribution < 1.29 is 13.3 Å². The predicted molar refractivity (Wildman–Crippen MR) is 86.1 cm³/mol. The molecule has 0 saturated carbocycles. The van der Waals surface area contributed by atoms with Gasteiger partial charge in [-0.2, -0.15) is 0 Å². The van der Waals surface area contributed by atoms with E-state index in [1.807, 2.05) is 0 Å². The molecule has 0 aliphatic carbocycles. The van der Waals surface area contributed by atoms with E-state index >= 15 is 0 Å². The first-order valence-corrected chi connectivity index (χ1v) is 9.29. The van der Waals surface area contributed by atoms with Gasteiger partial charge in [0.05, 0.1) is 4.92 Å². The molecule has 0 radical (unpaired) electrons. The number of rotatable bonds is 4. The minimum atomic E-state index is -3.64. The molecule has 0 spiro atoms. The van der Waals surface area contributed by atoms with Crippen LogP contribution in [0.25, 0.3) is 0 Å². The van der Waals surface area contributed by atoms with Crippen molar-refractivity contribution in [3.8, 4) is 0 Å². The first-order valence-electron chi connectivity index (χ1n) is 7.40. The molecule has 2 rings (SSSR count). The molecule has 1 aromatic rings. The van der Waals surface area contributed by atoms with E-state index in [1.165, 1.54) is 12.1 Å². The number of sulfone groups is 1. The van der Waals surface area contributed by atoms with Gasteiger partial charge in [0.25, 0.3) is 5.69 Å². The first-order chi connectivity index (χ1) is 10.2. The molecule has 1 aliphatic heterocycles. The van der Waals surface area contributed by atoms with E-state index in [0.717, 1.165) is 44.3 Å². The van der Waals surface area contributed by atoms with Crippen LogP contribution in [0.4, 0.5) is 11.4 Å². The molecule has 7 heteroatoms. The average molecular weight is 326 g/mol. The zero-order valence-electron chi connectivity index (χ0n) is 13.2. The summed E-state index contributed by atoms with van der Waals surface area (Å²) in [6.07, 6.45) is 4.24. The highest BCUT2D eigenvalue weighted by molar-refractivity contribution is 7.90. The van der Waals surface area contributed by atoms with Gasteiger partial charge in [0, 0.05) is 31.1 Å². The standard InChI is InChI=1S/C15H22N2O4S/c1-4-15(2)8-5-9-16(11-15)12-6-7-13(17(18)19)14(10-12)22(3,20)21/h6-7,10H,4-5,8-9,11H2,1-3H3. The van der Waals surface area contributed by atoms with Gasteiger partial charge in [-0.3, -0.25) is 10.1 Å². The summed E-state index contributed by atoms with van der Waals surface area (Å²) in [5, 5.41) is 11.0. The molecule has 122 valence electrons. The van der Waals surface area contributed by atoms with Gasteiger partial charge in [-0.25, -0.2) is 8.42 Å². The van der Waals surface area contributed by atoms with Crippen LogP contribution >= 0.6 is 0 Å². The lowest BCUT2D eigenvalue weighted by molar-refractivity contribution is -0.387. The molecule has 22 heavy (non-hydrogen) atoms. The monoisotopic (exact) mass is 326 g/mol. The van der Waals surface area contributed by atoms with Crippen LogP contribution in [-0.2, 0) is 9.84 Å². The van der Waals surface area contributed by atoms with E-state index in [-0.39, 0.29) is 16.0 Å². The number of nitrogens with zero attached hydrogens (tertiary/aromatic N) is 2. The number of piperidine rings is 1. The fourth-order valence-corrected chi connectivity index (χ4v) is 3.83. The number of hydrogen-bond acceptors (Lipinski definition) is 5. The predicted octanol–water partition coefficient (Wildman–Crippen LogP) is 3.01. The van der Waals surface area contributed by atoms with Gasteiger partial charge in [-0.1, -0.05) is 13.8 Å². The van der Waals surface area contributed by atoms with Crippen LogP contribution in [0, 0.1) is 15.5 Å². The summed E-state index contributed by atoms with van der Waals surface area (Å²) in [6.45, 7) is 6.06. The lowest BCUT2D eigenvalue weighted by Gasteiger charge is -2.41. The van der Waals surface area contributed by atoms with Gasteiger partial charge in [0.2, 0.25) is 0 Å². The Morgan fingerprint density at radius 1 is 1.41 bits per heavy atom. The minimum Gasteiger partial charge on any atom is -0.371 e. The third-order valence-corrected chi connectivity index (χ3v) is 5.67. The largest absolute Gasteiger partial charge is 0.371 e. The van der Waals surface area contributed by atoms with Crippen LogP contribution in [0.5, 0.6) is 0 Å². The maximum absolute atomic E-state index is 11.9. The highest BCUT2D eigenvalue weighted by atomic mass is 32.2. The molecule has 1 fully saturated rings. The van der Waals surface area contributed by atoms with Gasteiger partial charge in [-0.05, 0) is 36.8 Å². The normalized spacial score (nSPS) is 22.6. The molecule has 1 heterocycles. The lowest BCUT2D eigenvalue weighted by atomic mass is 9.79.